The molecular weight excluding hydrogens is 160 g/mol. The molecule has 2 heterocycles. The Morgan fingerprint density at radius 2 is 2.36 bits per heavy atom. The second-order valence-electron chi connectivity index (χ2n) is 2.48. The van der Waals surface area contributed by atoms with Gasteiger partial charge in [0, 0.05) is 31.0 Å². The third-order valence-corrected chi connectivity index (χ3v) is 2.04. The summed E-state index contributed by atoms with van der Waals surface area (Å²) in [6.07, 6.45) is 5.42. The predicted octanol–water partition coefficient (Wildman–Crippen LogP) is 2.23. The molecule has 3 heteroatoms. The van der Waals surface area contributed by atoms with Gasteiger partial charge in [0.2, 0.25) is 0 Å². The van der Waals surface area contributed by atoms with Crippen molar-refractivity contribution < 1.29 is 0 Å². The summed E-state index contributed by atoms with van der Waals surface area (Å²) in [7, 11) is 1.97. The van der Waals surface area contributed by atoms with Crippen molar-refractivity contribution in [1.82, 2.24) is 9.55 Å². The van der Waals surface area contributed by atoms with Crippen LogP contribution in [-0.2, 0) is 7.05 Å². The van der Waals surface area contributed by atoms with Crippen LogP contribution < -0.4 is 0 Å². The SMILES string of the molecule is Cn1cc(Cl)c2cnccc21. The zero-order chi connectivity index (χ0) is 7.84. The molecule has 2 aromatic heterocycles. The molecule has 0 spiro atoms. The van der Waals surface area contributed by atoms with Gasteiger partial charge in [-0.3, -0.25) is 4.98 Å². The molecular formula is C8H7ClN2. The van der Waals surface area contributed by atoms with E-state index in [0.717, 1.165) is 15.9 Å². The maximum atomic E-state index is 5.92. The molecule has 0 aromatic carbocycles. The highest BCUT2D eigenvalue weighted by Gasteiger charge is 2.01. The van der Waals surface area contributed by atoms with Crippen molar-refractivity contribution in [2.75, 3.05) is 0 Å². The van der Waals surface area contributed by atoms with Gasteiger partial charge in [-0.1, -0.05) is 11.6 Å². The molecule has 56 valence electrons. The molecule has 0 aliphatic heterocycles. The highest BCUT2D eigenvalue weighted by atomic mass is 35.5. The zero-order valence-electron chi connectivity index (χ0n) is 6.08. The van der Waals surface area contributed by atoms with E-state index < -0.39 is 0 Å². The van der Waals surface area contributed by atoms with Gasteiger partial charge in [0.25, 0.3) is 0 Å². The first kappa shape index (κ1) is 6.68. The fourth-order valence-corrected chi connectivity index (χ4v) is 1.48. The fraction of sp³-hybridized carbons (Fsp3) is 0.125. The summed E-state index contributed by atoms with van der Waals surface area (Å²) in [5.41, 5.74) is 1.12. The Kier molecular flexibility index (Phi) is 1.36. The molecule has 0 radical (unpaired) electrons. The van der Waals surface area contributed by atoms with E-state index in [1.165, 1.54) is 0 Å². The standard InChI is InChI=1S/C8H7ClN2/c1-11-5-7(9)6-4-10-3-2-8(6)11/h2-5H,1H3. The number of fused-ring (bicyclic) bond motifs is 1. The minimum Gasteiger partial charge on any atom is -0.349 e. The van der Waals surface area contributed by atoms with Crippen LogP contribution in [0.15, 0.2) is 24.7 Å². The van der Waals surface area contributed by atoms with Crippen LogP contribution >= 0.6 is 11.6 Å². The summed E-state index contributed by atoms with van der Waals surface area (Å²) in [5.74, 6) is 0. The quantitative estimate of drug-likeness (QED) is 0.587. The lowest BCUT2D eigenvalue weighted by atomic mass is 10.3. The maximum Gasteiger partial charge on any atom is 0.0676 e. The summed E-state index contributed by atoms with van der Waals surface area (Å²) < 4.78 is 1.99. The molecule has 0 saturated carbocycles. The summed E-state index contributed by atoms with van der Waals surface area (Å²) in [4.78, 5) is 3.99. The Balaban J connectivity index is 2.95. The van der Waals surface area contributed by atoms with Gasteiger partial charge in [-0.25, -0.2) is 0 Å². The number of aromatic nitrogens is 2. The van der Waals surface area contributed by atoms with Gasteiger partial charge in [-0.05, 0) is 6.07 Å². The van der Waals surface area contributed by atoms with E-state index in [4.69, 9.17) is 11.6 Å². The number of hydrogen-bond donors (Lipinski definition) is 0. The summed E-state index contributed by atoms with van der Waals surface area (Å²) in [5, 5.41) is 1.77. The Bertz CT molecular complexity index is 356. The van der Waals surface area contributed by atoms with Crippen molar-refractivity contribution in [2.45, 2.75) is 0 Å². The van der Waals surface area contributed by atoms with Crippen LogP contribution in [0.25, 0.3) is 10.9 Å². The monoisotopic (exact) mass is 166 g/mol. The van der Waals surface area contributed by atoms with Crippen molar-refractivity contribution in [3.63, 3.8) is 0 Å². The molecule has 2 nitrogen and oxygen atoms in total. The highest BCUT2D eigenvalue weighted by Crippen LogP contribution is 2.22. The van der Waals surface area contributed by atoms with Gasteiger partial charge in [0.15, 0.2) is 0 Å². The minimum atomic E-state index is 0.760. The molecule has 0 fully saturated rings. The van der Waals surface area contributed by atoms with Gasteiger partial charge >= 0.3 is 0 Å². The number of pyridine rings is 1. The van der Waals surface area contributed by atoms with Crippen molar-refractivity contribution >= 4 is 22.5 Å². The normalized spacial score (nSPS) is 10.7. The van der Waals surface area contributed by atoms with Gasteiger partial charge < -0.3 is 4.57 Å². The topological polar surface area (TPSA) is 17.8 Å². The third kappa shape index (κ3) is 0.906. The van der Waals surface area contributed by atoms with Crippen LogP contribution in [0.5, 0.6) is 0 Å². The fourth-order valence-electron chi connectivity index (χ4n) is 1.19. The average Bonchev–Trinajstić information content (AvgIpc) is 2.30. The summed E-state index contributed by atoms with van der Waals surface area (Å²) >= 11 is 5.92. The van der Waals surface area contributed by atoms with E-state index in [2.05, 4.69) is 4.98 Å². The summed E-state index contributed by atoms with van der Waals surface area (Å²) in [6.45, 7) is 0. The first-order valence-electron chi connectivity index (χ1n) is 3.33. The Morgan fingerprint density at radius 3 is 3.09 bits per heavy atom. The van der Waals surface area contributed by atoms with E-state index in [-0.39, 0.29) is 0 Å². The van der Waals surface area contributed by atoms with E-state index in [1.54, 1.807) is 12.4 Å². The van der Waals surface area contributed by atoms with E-state index in [1.807, 2.05) is 23.9 Å². The smallest absolute Gasteiger partial charge is 0.0676 e. The van der Waals surface area contributed by atoms with E-state index in [0.29, 0.717) is 0 Å². The molecule has 0 N–H and O–H groups in total. The number of nitrogens with zero attached hydrogens (tertiary/aromatic N) is 2. The molecule has 2 aromatic rings. The first-order valence-corrected chi connectivity index (χ1v) is 3.71. The molecule has 0 aliphatic carbocycles. The summed E-state index contributed by atoms with van der Waals surface area (Å²) in [6, 6.07) is 1.95. The second-order valence-corrected chi connectivity index (χ2v) is 2.89. The highest BCUT2D eigenvalue weighted by molar-refractivity contribution is 6.35. The molecule has 0 aliphatic rings. The largest absolute Gasteiger partial charge is 0.349 e. The predicted molar refractivity (Wildman–Crippen MR) is 45.7 cm³/mol. The molecule has 11 heavy (non-hydrogen) atoms. The Morgan fingerprint density at radius 1 is 1.55 bits per heavy atom. The molecule has 2 rings (SSSR count). The van der Waals surface area contributed by atoms with Crippen molar-refractivity contribution in [3.8, 4) is 0 Å². The van der Waals surface area contributed by atoms with Crippen molar-refractivity contribution in [2.24, 2.45) is 7.05 Å². The lowest BCUT2D eigenvalue weighted by Gasteiger charge is -1.91. The van der Waals surface area contributed by atoms with Crippen molar-refractivity contribution in [1.29, 1.82) is 0 Å². The van der Waals surface area contributed by atoms with E-state index >= 15 is 0 Å². The van der Waals surface area contributed by atoms with Crippen LogP contribution in [-0.4, -0.2) is 9.55 Å². The molecule has 0 amide bonds. The van der Waals surface area contributed by atoms with Crippen molar-refractivity contribution in [3.05, 3.63) is 29.7 Å². The van der Waals surface area contributed by atoms with Gasteiger partial charge in [0.05, 0.1) is 10.5 Å². The molecule has 0 saturated heterocycles. The van der Waals surface area contributed by atoms with Crippen LogP contribution in [0, 0.1) is 0 Å². The van der Waals surface area contributed by atoms with Gasteiger partial charge in [-0.15, -0.1) is 0 Å². The maximum absolute atomic E-state index is 5.92. The Hall–Kier alpha value is -1.02. The first-order chi connectivity index (χ1) is 5.29. The van der Waals surface area contributed by atoms with Crippen LogP contribution in [0.1, 0.15) is 0 Å². The number of rotatable bonds is 0. The molecule has 0 atom stereocenters. The van der Waals surface area contributed by atoms with E-state index in [9.17, 15) is 0 Å². The Labute approximate surface area is 69.4 Å². The zero-order valence-corrected chi connectivity index (χ0v) is 6.84. The average molecular weight is 167 g/mol. The molecule has 0 bridgehead atoms. The third-order valence-electron chi connectivity index (χ3n) is 1.74. The van der Waals surface area contributed by atoms with Gasteiger partial charge in [-0.2, -0.15) is 0 Å². The van der Waals surface area contributed by atoms with Crippen LogP contribution in [0.4, 0.5) is 0 Å². The molecule has 0 unspecified atom stereocenters. The second kappa shape index (κ2) is 2.24. The van der Waals surface area contributed by atoms with Gasteiger partial charge in [0.1, 0.15) is 0 Å². The number of hydrogen-bond acceptors (Lipinski definition) is 1. The number of halogens is 1. The van der Waals surface area contributed by atoms with Crippen LogP contribution in [0.3, 0.4) is 0 Å². The number of aryl methyl sites for hydroxylation is 1. The van der Waals surface area contributed by atoms with Crippen LogP contribution in [0.2, 0.25) is 5.02 Å². The lowest BCUT2D eigenvalue weighted by Crippen LogP contribution is -1.82. The minimum absolute atomic E-state index is 0.760. The lowest BCUT2D eigenvalue weighted by molar-refractivity contribution is 0.968.